The molecule has 0 aliphatic carbocycles. The van der Waals surface area contributed by atoms with E-state index in [2.05, 4.69) is 15.0 Å². The maximum atomic E-state index is 11.8. The zero-order chi connectivity index (χ0) is 18.7. The summed E-state index contributed by atoms with van der Waals surface area (Å²) in [6.45, 7) is 3.05. The van der Waals surface area contributed by atoms with Crippen LogP contribution in [0.25, 0.3) is 0 Å². The van der Waals surface area contributed by atoms with Gasteiger partial charge in [-0.2, -0.15) is 5.10 Å². The Morgan fingerprint density at radius 1 is 1.42 bits per heavy atom. The van der Waals surface area contributed by atoms with E-state index in [-0.39, 0.29) is 12.3 Å². The molecule has 0 unspecified atom stereocenters. The van der Waals surface area contributed by atoms with Gasteiger partial charge in [-0.3, -0.25) is 14.4 Å². The molecule has 8 nitrogen and oxygen atoms in total. The third-order valence-electron chi connectivity index (χ3n) is 4.54. The van der Waals surface area contributed by atoms with Crippen molar-refractivity contribution in [2.45, 2.75) is 32.2 Å². The Morgan fingerprint density at radius 2 is 2.23 bits per heavy atom. The van der Waals surface area contributed by atoms with E-state index in [1.54, 1.807) is 27.4 Å². The van der Waals surface area contributed by atoms with Crippen LogP contribution in [0.2, 0.25) is 0 Å². The number of aliphatic hydroxyl groups excluding tert-OH is 1. The van der Waals surface area contributed by atoms with Crippen LogP contribution < -0.4 is 4.74 Å². The first-order valence-corrected chi connectivity index (χ1v) is 8.63. The van der Waals surface area contributed by atoms with Gasteiger partial charge in [-0.1, -0.05) is 6.07 Å². The molecule has 1 aliphatic rings. The van der Waals surface area contributed by atoms with E-state index in [1.165, 1.54) is 4.90 Å². The number of ether oxygens (including phenoxy) is 1. The minimum atomic E-state index is -0.880. The predicted molar refractivity (Wildman–Crippen MR) is 95.4 cm³/mol. The van der Waals surface area contributed by atoms with E-state index in [0.29, 0.717) is 11.6 Å². The molecule has 0 saturated carbocycles. The number of hydrogen-bond acceptors (Lipinski definition) is 6. The SMILES string of the molecule is COc1ncccc1CN1CCn2nc([C@H](O)CC(=O)N(C)C)cc2C1. The van der Waals surface area contributed by atoms with Gasteiger partial charge in [-0.15, -0.1) is 0 Å². The molecule has 26 heavy (non-hydrogen) atoms. The van der Waals surface area contributed by atoms with Gasteiger partial charge in [0.1, 0.15) is 6.10 Å². The molecule has 0 bridgehead atoms. The van der Waals surface area contributed by atoms with Crippen molar-refractivity contribution >= 4 is 5.91 Å². The first-order valence-electron chi connectivity index (χ1n) is 8.63. The Morgan fingerprint density at radius 3 is 2.96 bits per heavy atom. The number of fused-ring (bicyclic) bond motifs is 1. The summed E-state index contributed by atoms with van der Waals surface area (Å²) in [6, 6.07) is 5.81. The number of hydrogen-bond donors (Lipinski definition) is 1. The minimum absolute atomic E-state index is 0.0417. The first-order chi connectivity index (χ1) is 12.5. The number of aromatic nitrogens is 3. The van der Waals surface area contributed by atoms with Gasteiger partial charge in [0.25, 0.3) is 0 Å². The average Bonchev–Trinajstić information content (AvgIpc) is 3.05. The van der Waals surface area contributed by atoms with E-state index in [1.807, 2.05) is 22.9 Å². The topological polar surface area (TPSA) is 83.7 Å². The van der Waals surface area contributed by atoms with Crippen molar-refractivity contribution in [3.63, 3.8) is 0 Å². The standard InChI is InChI=1S/C18H25N5O3/c1-21(2)17(25)10-16(24)15-9-14-12-22(7-8-23(14)20-15)11-13-5-4-6-19-18(13)26-3/h4-6,9,16,24H,7-8,10-12H2,1-3H3/t16-/m1/s1. The van der Waals surface area contributed by atoms with Gasteiger partial charge in [0.2, 0.25) is 11.8 Å². The molecule has 0 spiro atoms. The highest BCUT2D eigenvalue weighted by Gasteiger charge is 2.23. The maximum Gasteiger partial charge on any atom is 0.225 e. The summed E-state index contributed by atoms with van der Waals surface area (Å²) >= 11 is 0. The van der Waals surface area contributed by atoms with Crippen molar-refractivity contribution in [1.29, 1.82) is 0 Å². The van der Waals surface area contributed by atoms with Crippen molar-refractivity contribution in [2.24, 2.45) is 0 Å². The number of amides is 1. The molecule has 0 saturated heterocycles. The van der Waals surface area contributed by atoms with Crippen LogP contribution in [-0.4, -0.2) is 63.3 Å². The number of carbonyl (C=O) groups is 1. The van der Waals surface area contributed by atoms with E-state index >= 15 is 0 Å². The molecule has 1 N–H and O–H groups in total. The minimum Gasteiger partial charge on any atom is -0.481 e. The van der Waals surface area contributed by atoms with Gasteiger partial charge in [0.05, 0.1) is 31.5 Å². The molecule has 8 heteroatoms. The van der Waals surface area contributed by atoms with Gasteiger partial charge in [-0.25, -0.2) is 4.98 Å². The van der Waals surface area contributed by atoms with Crippen LogP contribution in [0.5, 0.6) is 5.88 Å². The lowest BCUT2D eigenvalue weighted by atomic mass is 10.1. The van der Waals surface area contributed by atoms with Gasteiger partial charge >= 0.3 is 0 Å². The van der Waals surface area contributed by atoms with E-state index in [9.17, 15) is 9.90 Å². The van der Waals surface area contributed by atoms with Crippen molar-refractivity contribution in [2.75, 3.05) is 27.7 Å². The van der Waals surface area contributed by atoms with Gasteiger partial charge in [0.15, 0.2) is 0 Å². The third kappa shape index (κ3) is 4.03. The van der Waals surface area contributed by atoms with E-state index in [0.717, 1.165) is 37.4 Å². The molecular formula is C18H25N5O3. The molecule has 1 amide bonds. The number of aliphatic hydroxyl groups is 1. The number of carbonyl (C=O) groups excluding carboxylic acids is 1. The van der Waals surface area contributed by atoms with Crippen LogP contribution in [0.15, 0.2) is 24.4 Å². The second-order valence-electron chi connectivity index (χ2n) is 6.67. The molecular weight excluding hydrogens is 334 g/mol. The highest BCUT2D eigenvalue weighted by atomic mass is 16.5. The fourth-order valence-electron chi connectivity index (χ4n) is 3.06. The number of rotatable bonds is 6. The summed E-state index contributed by atoms with van der Waals surface area (Å²) in [6.07, 6.45) is 0.881. The average molecular weight is 359 g/mol. The lowest BCUT2D eigenvalue weighted by Gasteiger charge is -2.27. The van der Waals surface area contributed by atoms with E-state index in [4.69, 9.17) is 4.74 Å². The first kappa shape index (κ1) is 18.3. The summed E-state index contributed by atoms with van der Waals surface area (Å²) in [4.78, 5) is 19.8. The molecule has 2 aromatic rings. The third-order valence-corrected chi connectivity index (χ3v) is 4.54. The van der Waals surface area contributed by atoms with Gasteiger partial charge in [0, 0.05) is 45.5 Å². The summed E-state index contributed by atoms with van der Waals surface area (Å²) in [5, 5.41) is 14.8. The highest BCUT2D eigenvalue weighted by molar-refractivity contribution is 5.76. The summed E-state index contributed by atoms with van der Waals surface area (Å²) < 4.78 is 7.24. The van der Waals surface area contributed by atoms with Crippen molar-refractivity contribution in [3.8, 4) is 5.88 Å². The summed E-state index contributed by atoms with van der Waals surface area (Å²) in [5.41, 5.74) is 2.63. The Hall–Kier alpha value is -2.45. The molecule has 2 aromatic heterocycles. The lowest BCUT2D eigenvalue weighted by Crippen LogP contribution is -2.33. The predicted octanol–water partition coefficient (Wildman–Crippen LogP) is 0.814. The van der Waals surface area contributed by atoms with Crippen LogP contribution in [-0.2, 0) is 24.4 Å². The Balaban J connectivity index is 1.67. The van der Waals surface area contributed by atoms with Crippen molar-refractivity contribution in [3.05, 3.63) is 41.3 Å². The van der Waals surface area contributed by atoms with Crippen molar-refractivity contribution in [1.82, 2.24) is 24.6 Å². The smallest absolute Gasteiger partial charge is 0.225 e. The van der Waals surface area contributed by atoms with Crippen LogP contribution in [0.3, 0.4) is 0 Å². The second kappa shape index (κ2) is 7.84. The number of pyridine rings is 1. The normalized spacial score (nSPS) is 15.4. The molecule has 0 radical (unpaired) electrons. The van der Waals surface area contributed by atoms with Gasteiger partial charge in [-0.05, 0) is 12.1 Å². The fraction of sp³-hybridized carbons (Fsp3) is 0.500. The summed E-state index contributed by atoms with van der Waals surface area (Å²) in [7, 11) is 4.98. The van der Waals surface area contributed by atoms with E-state index < -0.39 is 6.10 Å². The number of nitrogens with zero attached hydrogens (tertiary/aromatic N) is 5. The monoisotopic (exact) mass is 359 g/mol. The Kier molecular flexibility index (Phi) is 5.53. The molecule has 0 aromatic carbocycles. The zero-order valence-electron chi connectivity index (χ0n) is 15.4. The summed E-state index contributed by atoms with van der Waals surface area (Å²) in [5.74, 6) is 0.527. The largest absolute Gasteiger partial charge is 0.481 e. The zero-order valence-corrected chi connectivity index (χ0v) is 15.4. The molecule has 0 fully saturated rings. The maximum absolute atomic E-state index is 11.8. The highest BCUT2D eigenvalue weighted by Crippen LogP contribution is 2.23. The quantitative estimate of drug-likeness (QED) is 0.822. The second-order valence-corrected chi connectivity index (χ2v) is 6.67. The fourth-order valence-corrected chi connectivity index (χ4v) is 3.06. The van der Waals surface area contributed by atoms with Crippen molar-refractivity contribution < 1.29 is 14.6 Å². The molecule has 3 heterocycles. The molecule has 1 atom stereocenters. The van der Waals surface area contributed by atoms with Gasteiger partial charge < -0.3 is 14.7 Å². The Bertz CT molecular complexity index is 774. The Labute approximate surface area is 153 Å². The number of methoxy groups -OCH3 is 1. The molecule has 140 valence electrons. The molecule has 3 rings (SSSR count). The van der Waals surface area contributed by atoms with Crippen LogP contribution in [0.1, 0.15) is 29.5 Å². The lowest BCUT2D eigenvalue weighted by molar-refractivity contribution is -0.130. The van der Waals surface area contributed by atoms with Crippen LogP contribution in [0.4, 0.5) is 0 Å². The van der Waals surface area contributed by atoms with Crippen LogP contribution >= 0.6 is 0 Å². The van der Waals surface area contributed by atoms with Crippen LogP contribution in [0, 0.1) is 0 Å². The molecule has 1 aliphatic heterocycles.